The van der Waals surface area contributed by atoms with E-state index in [-0.39, 0.29) is 0 Å². The molecule has 0 aromatic rings. The van der Waals surface area contributed by atoms with Crippen molar-refractivity contribution in [2.24, 2.45) is 0 Å². The summed E-state index contributed by atoms with van der Waals surface area (Å²) in [7, 11) is 0. The third-order valence-electron chi connectivity index (χ3n) is 1.13. The van der Waals surface area contributed by atoms with Crippen molar-refractivity contribution in [2.45, 2.75) is 12.6 Å². The fourth-order valence-corrected chi connectivity index (χ4v) is 0.987. The van der Waals surface area contributed by atoms with E-state index in [0.717, 1.165) is 10.8 Å². The van der Waals surface area contributed by atoms with Crippen LogP contribution in [-0.2, 0) is 9.53 Å². The second-order valence-corrected chi connectivity index (χ2v) is 3.58. The fourth-order valence-electron chi connectivity index (χ4n) is 0.605. The number of halogens is 4. The van der Waals surface area contributed by atoms with Crippen molar-refractivity contribution in [3.63, 3.8) is 0 Å². The van der Waals surface area contributed by atoms with Crippen molar-refractivity contribution in [3.05, 3.63) is 0 Å². The number of nitrogens with one attached hydrogen (secondary N) is 1. The van der Waals surface area contributed by atoms with Crippen molar-refractivity contribution in [3.8, 4) is 0 Å². The molecule has 0 heterocycles. The van der Waals surface area contributed by atoms with Crippen LogP contribution in [0.1, 0.15) is 6.42 Å². The highest BCUT2D eigenvalue weighted by Gasteiger charge is 2.27. The highest BCUT2D eigenvalue weighted by molar-refractivity contribution is 14.1. The molecule has 0 aliphatic heterocycles. The van der Waals surface area contributed by atoms with E-state index in [0.29, 0.717) is 6.54 Å². The van der Waals surface area contributed by atoms with Crippen LogP contribution in [0.2, 0.25) is 0 Å². The number of amides is 1. The van der Waals surface area contributed by atoms with Crippen LogP contribution >= 0.6 is 22.6 Å². The molecule has 0 aliphatic carbocycles. The number of alkyl halides is 4. The van der Waals surface area contributed by atoms with Crippen LogP contribution < -0.4 is 5.32 Å². The average Bonchev–Trinajstić information content (AvgIpc) is 2.02. The Morgan fingerprint density at radius 1 is 1.43 bits per heavy atom. The Morgan fingerprint density at radius 2 is 2.07 bits per heavy atom. The summed E-state index contributed by atoms with van der Waals surface area (Å²) < 4.78 is 39.7. The van der Waals surface area contributed by atoms with Gasteiger partial charge < -0.3 is 10.1 Å². The predicted molar refractivity (Wildman–Crippen MR) is 53.4 cm³/mol. The number of rotatable bonds is 6. The summed E-state index contributed by atoms with van der Waals surface area (Å²) in [6.45, 7) is -1.45. The molecule has 3 nitrogen and oxygen atoms in total. The second-order valence-electron chi connectivity index (χ2n) is 2.50. The Morgan fingerprint density at radius 3 is 2.57 bits per heavy atom. The summed E-state index contributed by atoms with van der Waals surface area (Å²) in [4.78, 5) is 10.8. The van der Waals surface area contributed by atoms with Gasteiger partial charge in [-0.15, -0.1) is 0 Å². The van der Waals surface area contributed by atoms with Crippen molar-refractivity contribution >= 4 is 28.5 Å². The van der Waals surface area contributed by atoms with Crippen LogP contribution in [-0.4, -0.2) is 36.3 Å². The molecule has 0 bridgehead atoms. The molecule has 0 unspecified atom stereocenters. The summed E-state index contributed by atoms with van der Waals surface area (Å²) in [5.74, 6) is -0.515. The maximum absolute atomic E-state index is 11.6. The molecule has 0 fully saturated rings. The van der Waals surface area contributed by atoms with E-state index in [2.05, 4.69) is 32.6 Å². The zero-order valence-electron chi connectivity index (χ0n) is 7.36. The van der Waals surface area contributed by atoms with E-state index in [4.69, 9.17) is 0 Å². The molecule has 7 heteroatoms. The van der Waals surface area contributed by atoms with Gasteiger partial charge in [-0.1, -0.05) is 22.6 Å². The lowest BCUT2D eigenvalue weighted by Crippen LogP contribution is -2.30. The fraction of sp³-hybridized carbons (Fsp3) is 0.857. The standard InChI is InChI=1S/C7H11F3INO2/c8-7(9,10)5-14-4-6(13)12-3-1-2-11/h1-5H2,(H,12,13). The molecule has 84 valence electrons. The van der Waals surface area contributed by atoms with Crippen LogP contribution in [0.3, 0.4) is 0 Å². The number of ether oxygens (including phenoxy) is 1. The van der Waals surface area contributed by atoms with Gasteiger partial charge in [0.25, 0.3) is 0 Å². The van der Waals surface area contributed by atoms with Crippen LogP contribution in [0.25, 0.3) is 0 Å². The zero-order chi connectivity index (χ0) is 11.0. The number of hydrogen-bond donors (Lipinski definition) is 1. The number of hydrogen-bond acceptors (Lipinski definition) is 2. The van der Waals surface area contributed by atoms with E-state index in [1.54, 1.807) is 0 Å². The molecule has 0 saturated carbocycles. The quantitative estimate of drug-likeness (QED) is 0.457. The molecule has 0 saturated heterocycles. The smallest absolute Gasteiger partial charge is 0.362 e. The van der Waals surface area contributed by atoms with E-state index in [9.17, 15) is 18.0 Å². The molecule has 1 amide bonds. The van der Waals surface area contributed by atoms with Gasteiger partial charge in [-0.25, -0.2) is 0 Å². The highest BCUT2D eigenvalue weighted by atomic mass is 127. The number of carbonyl (C=O) groups is 1. The van der Waals surface area contributed by atoms with Crippen molar-refractivity contribution in [1.82, 2.24) is 5.32 Å². The summed E-state index contributed by atoms with van der Waals surface area (Å²) >= 11 is 2.14. The molecule has 0 aliphatic rings. The Balaban J connectivity index is 3.36. The first-order valence-corrected chi connectivity index (χ1v) is 5.45. The summed E-state index contributed by atoms with van der Waals surface area (Å²) in [5, 5.41) is 2.43. The van der Waals surface area contributed by atoms with E-state index >= 15 is 0 Å². The monoisotopic (exact) mass is 325 g/mol. The summed E-state index contributed by atoms with van der Waals surface area (Å²) in [5.41, 5.74) is 0. The van der Waals surface area contributed by atoms with Crippen LogP contribution in [0.4, 0.5) is 13.2 Å². The lowest BCUT2D eigenvalue weighted by atomic mass is 10.5. The van der Waals surface area contributed by atoms with Crippen molar-refractivity contribution in [2.75, 3.05) is 24.2 Å². The van der Waals surface area contributed by atoms with E-state index in [1.165, 1.54) is 0 Å². The normalized spacial score (nSPS) is 11.4. The SMILES string of the molecule is O=C(COCC(F)(F)F)NCCCI. The summed E-state index contributed by atoms with van der Waals surface area (Å²) in [6, 6.07) is 0. The van der Waals surface area contributed by atoms with Crippen molar-refractivity contribution in [1.29, 1.82) is 0 Å². The lowest BCUT2D eigenvalue weighted by Gasteiger charge is -2.07. The molecule has 0 spiro atoms. The Bertz CT molecular complexity index is 175. The maximum atomic E-state index is 11.6. The minimum absolute atomic E-state index is 0.469. The molecule has 0 atom stereocenters. The predicted octanol–water partition coefficient (Wildman–Crippen LogP) is 1.51. The average molecular weight is 325 g/mol. The molecule has 0 aromatic carbocycles. The van der Waals surface area contributed by atoms with E-state index in [1.807, 2.05) is 0 Å². The van der Waals surface area contributed by atoms with Crippen LogP contribution in [0.5, 0.6) is 0 Å². The minimum atomic E-state index is -4.37. The first-order valence-electron chi connectivity index (χ1n) is 3.93. The molecular formula is C7H11F3INO2. The molecule has 1 N–H and O–H groups in total. The maximum Gasteiger partial charge on any atom is 0.411 e. The van der Waals surface area contributed by atoms with Gasteiger partial charge in [0.05, 0.1) is 0 Å². The Kier molecular flexibility index (Phi) is 7.24. The third kappa shape index (κ3) is 10.0. The molecule has 0 rings (SSSR count). The minimum Gasteiger partial charge on any atom is -0.362 e. The molecule has 14 heavy (non-hydrogen) atoms. The van der Waals surface area contributed by atoms with Gasteiger partial charge in [0.2, 0.25) is 5.91 Å². The van der Waals surface area contributed by atoms with Gasteiger partial charge in [0, 0.05) is 11.0 Å². The largest absolute Gasteiger partial charge is 0.411 e. The third-order valence-corrected chi connectivity index (χ3v) is 1.89. The highest BCUT2D eigenvalue weighted by Crippen LogP contribution is 2.13. The summed E-state index contributed by atoms with van der Waals surface area (Å²) in [6.07, 6.45) is -3.58. The van der Waals surface area contributed by atoms with E-state index < -0.39 is 25.3 Å². The van der Waals surface area contributed by atoms with Gasteiger partial charge >= 0.3 is 6.18 Å². The lowest BCUT2D eigenvalue weighted by molar-refractivity contribution is -0.175. The molecule has 0 radical (unpaired) electrons. The van der Waals surface area contributed by atoms with Crippen LogP contribution in [0, 0.1) is 0 Å². The van der Waals surface area contributed by atoms with Gasteiger partial charge in [0.1, 0.15) is 13.2 Å². The molecule has 0 aromatic heterocycles. The second kappa shape index (κ2) is 7.27. The van der Waals surface area contributed by atoms with Gasteiger partial charge in [-0.05, 0) is 6.42 Å². The zero-order valence-corrected chi connectivity index (χ0v) is 9.52. The molecular weight excluding hydrogens is 314 g/mol. The first kappa shape index (κ1) is 13.9. The first-order chi connectivity index (χ1) is 6.45. The van der Waals surface area contributed by atoms with Gasteiger partial charge in [-0.3, -0.25) is 4.79 Å². The topological polar surface area (TPSA) is 38.3 Å². The van der Waals surface area contributed by atoms with Crippen molar-refractivity contribution < 1.29 is 22.7 Å². The van der Waals surface area contributed by atoms with Gasteiger partial charge in [0.15, 0.2) is 0 Å². The Hall–Kier alpha value is -0.0500. The van der Waals surface area contributed by atoms with Crippen LogP contribution in [0.15, 0.2) is 0 Å². The number of carbonyl (C=O) groups excluding carboxylic acids is 1. The van der Waals surface area contributed by atoms with Gasteiger partial charge in [-0.2, -0.15) is 13.2 Å². The Labute approximate surface area is 93.5 Å².